The maximum Gasteiger partial charge on any atom is 0.351 e. The first-order valence-electron chi connectivity index (χ1n) is 20.2. The molecule has 1 saturated carbocycles. The van der Waals surface area contributed by atoms with Gasteiger partial charge in [-0.05, 0) is 64.8 Å². The number of hydrogen-bond acceptors (Lipinski definition) is 7. The molecule has 0 radical (unpaired) electrons. The third-order valence-electron chi connectivity index (χ3n) is 12.7. The molecule has 2 aliphatic rings. The summed E-state index contributed by atoms with van der Waals surface area (Å²) < 4.78 is 25.8. The molecule has 0 spiro atoms. The number of rotatable bonds is 14. The number of hydrogen-bond donors (Lipinski definition) is 0. The maximum atomic E-state index is 14.1. The van der Waals surface area contributed by atoms with Gasteiger partial charge in [0, 0.05) is 17.8 Å². The molecule has 0 unspecified atom stereocenters. The minimum Gasteiger partial charge on any atom is -0.466 e. The van der Waals surface area contributed by atoms with Crippen LogP contribution < -0.4 is 10.4 Å². The average molecular weight is 789 g/mol. The quantitative estimate of drug-likeness (QED) is 0.0816. The van der Waals surface area contributed by atoms with E-state index in [1.165, 1.54) is 17.5 Å². The van der Waals surface area contributed by atoms with Crippen LogP contribution in [0.5, 0.6) is 0 Å². The molecule has 4 rings (SSSR count). The van der Waals surface area contributed by atoms with Crippen LogP contribution in [0.25, 0.3) is 0 Å². The molecule has 0 saturated heterocycles. The highest BCUT2D eigenvalue weighted by molar-refractivity contribution is 6.99. The van der Waals surface area contributed by atoms with Crippen LogP contribution in [0, 0.1) is 17.3 Å². The summed E-state index contributed by atoms with van der Waals surface area (Å²) >= 11 is 0. The standard InChI is InChI=1S/C46H68O7Si2/c1-34(32-51-54(11,12)43(3,4)5)28-37-29-36(33-52-55(44(6,7)8,38-22-16-13-17-23-38)39-24-18-14-19-25-39)35(2)31-46(37,42(49)50-10)53-41(48)30-40(47)45(9)26-20-15-21-27-45/h13-14,16-19,22-25,28-29,35,37H,15,20-21,26-27,30-33H2,1-12H3/b34-28+/t35-,37-,46+/m1/s1. The molecule has 0 amide bonds. The van der Waals surface area contributed by atoms with Crippen molar-refractivity contribution < 1.29 is 32.7 Å². The Balaban J connectivity index is 1.79. The molecule has 0 bridgehead atoms. The summed E-state index contributed by atoms with van der Waals surface area (Å²) in [6, 6.07) is 21.1. The molecule has 0 aromatic heterocycles. The molecule has 55 heavy (non-hydrogen) atoms. The van der Waals surface area contributed by atoms with Gasteiger partial charge in [0.15, 0.2) is 8.32 Å². The van der Waals surface area contributed by atoms with Crippen molar-refractivity contribution in [2.75, 3.05) is 20.3 Å². The van der Waals surface area contributed by atoms with Gasteiger partial charge in [-0.3, -0.25) is 9.59 Å². The van der Waals surface area contributed by atoms with Gasteiger partial charge < -0.3 is 18.3 Å². The van der Waals surface area contributed by atoms with E-state index >= 15 is 0 Å². The largest absolute Gasteiger partial charge is 0.466 e. The van der Waals surface area contributed by atoms with Crippen molar-refractivity contribution in [2.24, 2.45) is 17.3 Å². The van der Waals surface area contributed by atoms with Gasteiger partial charge in [0.25, 0.3) is 8.32 Å². The van der Waals surface area contributed by atoms with Crippen molar-refractivity contribution in [1.82, 2.24) is 0 Å². The highest BCUT2D eigenvalue weighted by Crippen LogP contribution is 2.45. The second kappa shape index (κ2) is 17.6. The second-order valence-electron chi connectivity index (χ2n) is 19.0. The highest BCUT2D eigenvalue weighted by atomic mass is 28.4. The van der Waals surface area contributed by atoms with Gasteiger partial charge in [0.2, 0.25) is 5.60 Å². The molecule has 7 nitrogen and oxygen atoms in total. The van der Waals surface area contributed by atoms with Crippen molar-refractivity contribution in [3.8, 4) is 0 Å². The number of carbonyl (C=O) groups excluding carboxylic acids is 3. The topological polar surface area (TPSA) is 88.1 Å². The molecule has 2 aromatic carbocycles. The van der Waals surface area contributed by atoms with E-state index in [1.54, 1.807) is 0 Å². The van der Waals surface area contributed by atoms with Gasteiger partial charge in [-0.2, -0.15) is 0 Å². The van der Waals surface area contributed by atoms with E-state index in [0.717, 1.165) is 43.3 Å². The van der Waals surface area contributed by atoms with E-state index in [0.29, 0.717) is 13.2 Å². The average Bonchev–Trinajstić information content (AvgIpc) is 3.12. The monoisotopic (exact) mass is 788 g/mol. The first kappa shape index (κ1) is 44.6. The predicted octanol–water partition coefficient (Wildman–Crippen LogP) is 9.50. The predicted molar refractivity (Wildman–Crippen MR) is 227 cm³/mol. The summed E-state index contributed by atoms with van der Waals surface area (Å²) in [7, 11) is -3.65. The van der Waals surface area contributed by atoms with Gasteiger partial charge >= 0.3 is 11.9 Å². The van der Waals surface area contributed by atoms with Crippen molar-refractivity contribution in [3.05, 3.63) is 84.0 Å². The molecule has 302 valence electrons. The Morgan fingerprint density at radius 2 is 1.38 bits per heavy atom. The van der Waals surface area contributed by atoms with E-state index in [2.05, 4.69) is 109 Å². The number of carbonyl (C=O) groups is 3. The first-order valence-corrected chi connectivity index (χ1v) is 25.0. The number of ether oxygens (including phenoxy) is 2. The lowest BCUT2D eigenvalue weighted by molar-refractivity contribution is -0.188. The zero-order valence-corrected chi connectivity index (χ0v) is 37.8. The van der Waals surface area contributed by atoms with Crippen LogP contribution in [0.2, 0.25) is 23.2 Å². The van der Waals surface area contributed by atoms with E-state index in [-0.39, 0.29) is 34.6 Å². The highest BCUT2D eigenvalue weighted by Gasteiger charge is 2.55. The van der Waals surface area contributed by atoms with E-state index in [9.17, 15) is 14.4 Å². The molecule has 0 N–H and O–H groups in total. The molecular formula is C46H68O7Si2. The van der Waals surface area contributed by atoms with E-state index < -0.39 is 45.5 Å². The second-order valence-corrected chi connectivity index (χ2v) is 28.1. The molecule has 2 aliphatic carbocycles. The lowest BCUT2D eigenvalue weighted by Crippen LogP contribution is -2.66. The molecule has 2 aromatic rings. The number of methoxy groups -OCH3 is 1. The van der Waals surface area contributed by atoms with Gasteiger partial charge in [-0.1, -0.05) is 153 Å². The zero-order valence-electron chi connectivity index (χ0n) is 35.8. The fourth-order valence-corrected chi connectivity index (χ4v) is 13.7. The summed E-state index contributed by atoms with van der Waals surface area (Å²) in [5.41, 5.74) is -0.285. The van der Waals surface area contributed by atoms with Gasteiger partial charge in [0.1, 0.15) is 12.2 Å². The number of benzene rings is 2. The Kier molecular flexibility index (Phi) is 14.2. The smallest absolute Gasteiger partial charge is 0.351 e. The summed E-state index contributed by atoms with van der Waals surface area (Å²) in [6.45, 7) is 24.5. The SMILES string of the molecule is COC(=O)[C@]1(OC(=O)CC(=O)C2(C)CCCCC2)C[C@@H](C)C(CO[Si](c2ccccc2)(c2ccccc2)C(C)(C)C)=C[C@H]1/C=C(\C)CO[Si](C)(C)C(C)(C)C. The summed E-state index contributed by atoms with van der Waals surface area (Å²) in [4.78, 5) is 41.5. The van der Waals surface area contributed by atoms with Crippen LogP contribution in [0.3, 0.4) is 0 Å². The van der Waals surface area contributed by atoms with Crippen LogP contribution in [0.4, 0.5) is 0 Å². The minimum atomic E-state index is -2.89. The summed E-state index contributed by atoms with van der Waals surface area (Å²) in [6.07, 6.45) is 8.40. The Morgan fingerprint density at radius 1 is 0.836 bits per heavy atom. The molecule has 9 heteroatoms. The number of esters is 2. The van der Waals surface area contributed by atoms with Crippen LogP contribution in [-0.4, -0.2) is 60.3 Å². The summed E-state index contributed by atoms with van der Waals surface area (Å²) in [5, 5.41) is 2.16. The number of Topliss-reactive ketones (excluding diaryl/α,β-unsaturated/α-hetero) is 1. The lowest BCUT2D eigenvalue weighted by Gasteiger charge is -2.45. The van der Waals surface area contributed by atoms with Crippen LogP contribution in [-0.2, 0) is 32.7 Å². The fraction of sp³-hybridized carbons (Fsp3) is 0.587. The van der Waals surface area contributed by atoms with Gasteiger partial charge in [0.05, 0.1) is 20.3 Å². The van der Waals surface area contributed by atoms with E-state index in [4.69, 9.17) is 18.3 Å². The van der Waals surface area contributed by atoms with Crippen LogP contribution >= 0.6 is 0 Å². The fourth-order valence-electron chi connectivity index (χ4n) is 8.18. The Bertz CT molecular complexity index is 1660. The molecule has 0 heterocycles. The van der Waals surface area contributed by atoms with Crippen LogP contribution in [0.1, 0.15) is 107 Å². The van der Waals surface area contributed by atoms with E-state index in [1.807, 2.05) is 39.0 Å². The molecular weight excluding hydrogens is 721 g/mol. The number of ketones is 1. The van der Waals surface area contributed by atoms with Crippen molar-refractivity contribution in [1.29, 1.82) is 0 Å². The maximum absolute atomic E-state index is 14.1. The molecule has 1 fully saturated rings. The van der Waals surface area contributed by atoms with Crippen molar-refractivity contribution in [3.63, 3.8) is 0 Å². The third kappa shape index (κ3) is 9.89. The lowest BCUT2D eigenvalue weighted by atomic mass is 9.71. The van der Waals surface area contributed by atoms with Gasteiger partial charge in [-0.15, -0.1) is 0 Å². The Morgan fingerprint density at radius 3 is 1.87 bits per heavy atom. The normalized spacial score (nSPS) is 22.4. The Hall–Kier alpha value is -3.12. The minimum absolute atomic E-state index is 0.0196. The summed E-state index contributed by atoms with van der Waals surface area (Å²) in [5.74, 6) is -2.33. The zero-order chi connectivity index (χ0) is 40.9. The van der Waals surface area contributed by atoms with Gasteiger partial charge in [-0.25, -0.2) is 4.79 Å². The molecule has 0 aliphatic heterocycles. The van der Waals surface area contributed by atoms with Crippen molar-refractivity contribution >= 4 is 44.7 Å². The van der Waals surface area contributed by atoms with Crippen LogP contribution in [0.15, 0.2) is 84.0 Å². The Labute approximate surface area is 333 Å². The third-order valence-corrected chi connectivity index (χ3v) is 22.2. The van der Waals surface area contributed by atoms with Crippen molar-refractivity contribution in [2.45, 2.75) is 136 Å². The molecule has 3 atom stereocenters. The first-order chi connectivity index (χ1) is 25.6.